The molecule has 1 amide bonds. The van der Waals surface area contributed by atoms with Crippen LogP contribution in [0.3, 0.4) is 0 Å². The summed E-state index contributed by atoms with van der Waals surface area (Å²) in [6.07, 6.45) is 1.73. The summed E-state index contributed by atoms with van der Waals surface area (Å²) in [6, 6.07) is 1.77. The van der Waals surface area contributed by atoms with Gasteiger partial charge in [-0.1, -0.05) is 0 Å². The summed E-state index contributed by atoms with van der Waals surface area (Å²) in [4.78, 5) is 11.8. The van der Waals surface area contributed by atoms with E-state index < -0.39 is 17.5 Å². The lowest BCUT2D eigenvalue weighted by Gasteiger charge is -2.13. The second kappa shape index (κ2) is 4.93. The highest BCUT2D eigenvalue weighted by Gasteiger charge is 2.42. The fourth-order valence-corrected chi connectivity index (χ4v) is 2.12. The maximum absolute atomic E-state index is 13.1. The van der Waals surface area contributed by atoms with Gasteiger partial charge in [0.15, 0.2) is 11.6 Å². The Morgan fingerprint density at radius 1 is 1.39 bits per heavy atom. The zero-order valence-corrected chi connectivity index (χ0v) is 11.1. The van der Waals surface area contributed by atoms with Crippen molar-refractivity contribution < 1.29 is 18.7 Å². The van der Waals surface area contributed by atoms with Crippen LogP contribution in [0.1, 0.15) is 23.2 Å². The Labute approximate surface area is 111 Å². The molecule has 0 heterocycles. The Morgan fingerprint density at radius 2 is 2.00 bits per heavy atom. The topological polar surface area (TPSA) is 49.3 Å². The van der Waals surface area contributed by atoms with E-state index >= 15 is 0 Å². The van der Waals surface area contributed by atoms with E-state index in [1.165, 1.54) is 0 Å². The van der Waals surface area contributed by atoms with E-state index in [1.54, 1.807) is 0 Å². The van der Waals surface area contributed by atoms with Crippen molar-refractivity contribution in [1.82, 2.24) is 5.32 Å². The van der Waals surface area contributed by atoms with Crippen molar-refractivity contribution in [2.45, 2.75) is 12.8 Å². The van der Waals surface area contributed by atoms with Crippen LogP contribution < -0.4 is 5.32 Å². The van der Waals surface area contributed by atoms with Crippen LogP contribution in [0.25, 0.3) is 0 Å². The Bertz CT molecular complexity index is 489. The van der Waals surface area contributed by atoms with E-state index in [4.69, 9.17) is 5.11 Å². The number of carbonyl (C=O) groups is 1. The maximum atomic E-state index is 13.1. The zero-order chi connectivity index (χ0) is 13.3. The second-order valence-electron chi connectivity index (χ2n) is 4.59. The molecule has 0 unspecified atom stereocenters. The van der Waals surface area contributed by atoms with Crippen LogP contribution in [0.5, 0.6) is 0 Å². The molecule has 1 saturated carbocycles. The first-order chi connectivity index (χ1) is 8.47. The lowest BCUT2D eigenvalue weighted by Crippen LogP contribution is -2.32. The molecule has 2 N–H and O–H groups in total. The third-order valence-corrected chi connectivity index (χ3v) is 3.83. The highest BCUT2D eigenvalue weighted by Crippen LogP contribution is 2.44. The molecule has 6 heteroatoms. The minimum absolute atomic E-state index is 0.0201. The van der Waals surface area contributed by atoms with E-state index in [2.05, 4.69) is 21.2 Å². The van der Waals surface area contributed by atoms with E-state index in [0.29, 0.717) is 6.54 Å². The number of amides is 1. The first-order valence-electron chi connectivity index (χ1n) is 5.51. The molecule has 98 valence electrons. The molecule has 18 heavy (non-hydrogen) atoms. The highest BCUT2D eigenvalue weighted by molar-refractivity contribution is 9.10. The molecule has 1 aromatic carbocycles. The first kappa shape index (κ1) is 13.4. The van der Waals surface area contributed by atoms with Crippen LogP contribution in [0.2, 0.25) is 0 Å². The van der Waals surface area contributed by atoms with Crippen molar-refractivity contribution in [1.29, 1.82) is 0 Å². The first-order valence-corrected chi connectivity index (χ1v) is 6.30. The van der Waals surface area contributed by atoms with E-state index in [1.807, 2.05) is 0 Å². The summed E-state index contributed by atoms with van der Waals surface area (Å²) in [5, 5.41) is 11.7. The smallest absolute Gasteiger partial charge is 0.252 e. The molecule has 0 aliphatic heterocycles. The fourth-order valence-electron chi connectivity index (χ4n) is 1.63. The van der Waals surface area contributed by atoms with Crippen molar-refractivity contribution in [2.75, 3.05) is 13.2 Å². The van der Waals surface area contributed by atoms with Gasteiger partial charge >= 0.3 is 0 Å². The van der Waals surface area contributed by atoms with Crippen LogP contribution in [-0.4, -0.2) is 24.2 Å². The van der Waals surface area contributed by atoms with Gasteiger partial charge in [-0.15, -0.1) is 0 Å². The molecule has 0 radical (unpaired) electrons. The van der Waals surface area contributed by atoms with Gasteiger partial charge in [0.25, 0.3) is 5.91 Å². The number of benzene rings is 1. The van der Waals surface area contributed by atoms with Crippen LogP contribution in [-0.2, 0) is 0 Å². The Hall–Kier alpha value is -1.01. The lowest BCUT2D eigenvalue weighted by molar-refractivity contribution is 0.0934. The number of halogens is 3. The number of carbonyl (C=O) groups excluding carboxylic acids is 1. The third-order valence-electron chi connectivity index (χ3n) is 3.17. The molecule has 1 fully saturated rings. The monoisotopic (exact) mass is 319 g/mol. The molecule has 0 saturated heterocycles. The van der Waals surface area contributed by atoms with Crippen LogP contribution in [0.4, 0.5) is 8.78 Å². The molecule has 1 aromatic rings. The third kappa shape index (κ3) is 2.70. The summed E-state index contributed by atoms with van der Waals surface area (Å²) < 4.78 is 26.2. The molecule has 0 atom stereocenters. The number of hydrogen-bond acceptors (Lipinski definition) is 2. The van der Waals surface area contributed by atoms with Gasteiger partial charge in [0, 0.05) is 16.4 Å². The molecule has 1 aliphatic carbocycles. The SMILES string of the molecule is O=C(NCC1(CO)CC1)c1cc(F)c(F)cc1Br. The fraction of sp³-hybridized carbons (Fsp3) is 0.417. The van der Waals surface area contributed by atoms with Gasteiger partial charge in [-0.25, -0.2) is 8.78 Å². The van der Waals surface area contributed by atoms with E-state index in [0.717, 1.165) is 25.0 Å². The molecular formula is C12H12BrF2NO2. The quantitative estimate of drug-likeness (QED) is 0.836. The van der Waals surface area contributed by atoms with Gasteiger partial charge in [0.1, 0.15) is 0 Å². The molecule has 0 bridgehead atoms. The van der Waals surface area contributed by atoms with Crippen molar-refractivity contribution >= 4 is 21.8 Å². The van der Waals surface area contributed by atoms with E-state index in [9.17, 15) is 13.6 Å². The summed E-state index contributed by atoms with van der Waals surface area (Å²) in [7, 11) is 0. The number of nitrogens with one attached hydrogen (secondary N) is 1. The van der Waals surface area contributed by atoms with Crippen LogP contribution >= 0.6 is 15.9 Å². The molecule has 3 nitrogen and oxygen atoms in total. The average molecular weight is 320 g/mol. The number of aliphatic hydroxyl groups is 1. The predicted octanol–water partition coefficient (Wildman–Crippen LogP) is 2.23. The van der Waals surface area contributed by atoms with Gasteiger partial charge < -0.3 is 10.4 Å². The highest BCUT2D eigenvalue weighted by atomic mass is 79.9. The Balaban J connectivity index is 2.07. The molecule has 0 spiro atoms. The number of hydrogen-bond donors (Lipinski definition) is 2. The Morgan fingerprint density at radius 3 is 2.56 bits per heavy atom. The van der Waals surface area contributed by atoms with Gasteiger partial charge in [0.05, 0.1) is 12.2 Å². The van der Waals surface area contributed by atoms with Gasteiger partial charge in [0.2, 0.25) is 0 Å². The lowest BCUT2D eigenvalue weighted by atomic mass is 10.1. The molecule has 0 aromatic heterocycles. The molecule has 2 rings (SSSR count). The zero-order valence-electron chi connectivity index (χ0n) is 9.47. The maximum Gasteiger partial charge on any atom is 0.252 e. The number of aliphatic hydroxyl groups excluding tert-OH is 1. The number of rotatable bonds is 4. The minimum Gasteiger partial charge on any atom is -0.396 e. The summed E-state index contributed by atoms with van der Waals surface area (Å²) in [5.74, 6) is -2.56. The van der Waals surface area contributed by atoms with E-state index in [-0.39, 0.29) is 22.1 Å². The van der Waals surface area contributed by atoms with Gasteiger partial charge in [-0.3, -0.25) is 4.79 Å². The molecule has 1 aliphatic rings. The average Bonchev–Trinajstić information content (AvgIpc) is 3.11. The van der Waals surface area contributed by atoms with Crippen molar-refractivity contribution in [3.63, 3.8) is 0 Å². The predicted molar refractivity (Wildman–Crippen MR) is 65.1 cm³/mol. The molecular weight excluding hydrogens is 308 g/mol. The van der Waals surface area contributed by atoms with Crippen molar-refractivity contribution in [2.24, 2.45) is 5.41 Å². The standard InChI is InChI=1S/C12H12BrF2NO2/c13-8-4-10(15)9(14)3-7(8)11(18)16-5-12(6-17)1-2-12/h3-4,17H,1-2,5-6H2,(H,16,18). The normalized spacial score (nSPS) is 16.4. The van der Waals surface area contributed by atoms with Gasteiger partial charge in [-0.2, -0.15) is 0 Å². The summed E-state index contributed by atoms with van der Waals surface area (Å²) in [5.41, 5.74) is -0.177. The van der Waals surface area contributed by atoms with Crippen LogP contribution in [0, 0.1) is 17.0 Å². The van der Waals surface area contributed by atoms with Crippen molar-refractivity contribution in [3.8, 4) is 0 Å². The minimum atomic E-state index is -1.06. The second-order valence-corrected chi connectivity index (χ2v) is 5.44. The van der Waals surface area contributed by atoms with Gasteiger partial charge in [-0.05, 0) is 40.9 Å². The summed E-state index contributed by atoms with van der Waals surface area (Å²) >= 11 is 3.02. The van der Waals surface area contributed by atoms with Crippen molar-refractivity contribution in [3.05, 3.63) is 33.8 Å². The largest absolute Gasteiger partial charge is 0.396 e. The summed E-state index contributed by atoms with van der Waals surface area (Å²) in [6.45, 7) is 0.361. The Kier molecular flexibility index (Phi) is 3.68. The van der Waals surface area contributed by atoms with Crippen LogP contribution in [0.15, 0.2) is 16.6 Å².